The second-order valence-electron chi connectivity index (χ2n) is 12.7. The fourth-order valence-electron chi connectivity index (χ4n) is 6.80. The minimum atomic E-state index is -0.865. The maximum atomic E-state index is 16.2. The first-order valence-electron chi connectivity index (χ1n) is 15.4. The Balaban J connectivity index is 1.76. The lowest BCUT2D eigenvalue weighted by Gasteiger charge is -2.51. The fourth-order valence-corrected chi connectivity index (χ4v) is 6.80. The van der Waals surface area contributed by atoms with Gasteiger partial charge in [0.15, 0.2) is 11.5 Å². The van der Waals surface area contributed by atoms with Crippen LogP contribution in [0.2, 0.25) is 0 Å². The first-order valence-corrected chi connectivity index (χ1v) is 15.4. The molecular weight excluding hydrogens is 592 g/mol. The highest BCUT2D eigenvalue weighted by molar-refractivity contribution is 6.00. The molecule has 0 spiro atoms. The molecule has 6 rings (SSSR count). The van der Waals surface area contributed by atoms with Gasteiger partial charge in [-0.15, -0.1) is 0 Å². The Hall–Kier alpha value is -4.87. The molecule has 1 fully saturated rings. The van der Waals surface area contributed by atoms with E-state index in [9.17, 15) is 14.7 Å². The number of pyridine rings is 2. The molecule has 10 nitrogen and oxygen atoms in total. The smallest absolute Gasteiger partial charge is 0.282 e. The molecule has 3 aromatic heterocycles. The molecule has 0 radical (unpaired) electrons. The predicted octanol–water partition coefficient (Wildman–Crippen LogP) is 5.11. The van der Waals surface area contributed by atoms with Gasteiger partial charge in [-0.05, 0) is 43.0 Å². The van der Waals surface area contributed by atoms with Crippen LogP contribution >= 0.6 is 0 Å². The number of phenols is 1. The number of hydrogen-bond donors (Lipinski definition) is 1. The second kappa shape index (κ2) is 11.5. The van der Waals surface area contributed by atoms with Crippen molar-refractivity contribution in [2.24, 2.45) is 0 Å². The monoisotopic (exact) mass is 629 g/mol. The summed E-state index contributed by atoms with van der Waals surface area (Å²) in [4.78, 5) is 47.1. The Kier molecular flexibility index (Phi) is 7.77. The quantitative estimate of drug-likeness (QED) is 0.304. The zero-order valence-corrected chi connectivity index (χ0v) is 26.8. The summed E-state index contributed by atoms with van der Waals surface area (Å²) in [6, 6.07) is 4.50. The summed E-state index contributed by atoms with van der Waals surface area (Å²) in [5.41, 5.74) is 1.30. The SMILES string of the molecule is C=CC(=O)N1C[C@@H]2CN(C)c3c(c4cc(F)c(-c5c(O)cccc5F)nc4n(-c4c(C(C)C)ncnc4C(C)C)c3=O)N2C[C@H]1C. The summed E-state index contributed by atoms with van der Waals surface area (Å²) < 4.78 is 32.8. The molecule has 0 unspecified atom stereocenters. The minimum Gasteiger partial charge on any atom is -0.507 e. The molecule has 0 aliphatic carbocycles. The van der Waals surface area contributed by atoms with Gasteiger partial charge in [0.2, 0.25) is 5.91 Å². The highest BCUT2D eigenvalue weighted by atomic mass is 19.1. The summed E-state index contributed by atoms with van der Waals surface area (Å²) in [5, 5.41) is 11.0. The van der Waals surface area contributed by atoms with E-state index >= 15 is 8.78 Å². The number of piperazine rings is 1. The van der Waals surface area contributed by atoms with Gasteiger partial charge in [0.1, 0.15) is 29.3 Å². The predicted molar refractivity (Wildman–Crippen MR) is 174 cm³/mol. The largest absolute Gasteiger partial charge is 0.507 e. The number of aromatic nitrogens is 4. The van der Waals surface area contributed by atoms with Crippen molar-refractivity contribution < 1.29 is 18.7 Å². The van der Waals surface area contributed by atoms with Crippen LogP contribution in [0.5, 0.6) is 5.75 Å². The molecule has 46 heavy (non-hydrogen) atoms. The zero-order chi connectivity index (χ0) is 33.2. The molecule has 4 aromatic rings. The molecule has 2 aliphatic rings. The highest BCUT2D eigenvalue weighted by Gasteiger charge is 2.41. The lowest BCUT2D eigenvalue weighted by molar-refractivity contribution is -0.128. The van der Waals surface area contributed by atoms with Gasteiger partial charge in [-0.1, -0.05) is 40.3 Å². The van der Waals surface area contributed by atoms with E-state index in [2.05, 4.69) is 26.4 Å². The van der Waals surface area contributed by atoms with Gasteiger partial charge in [-0.25, -0.2) is 23.7 Å². The van der Waals surface area contributed by atoms with Gasteiger partial charge < -0.3 is 19.8 Å². The van der Waals surface area contributed by atoms with Gasteiger partial charge in [0.25, 0.3) is 5.56 Å². The first-order chi connectivity index (χ1) is 21.8. The summed E-state index contributed by atoms with van der Waals surface area (Å²) in [5.74, 6) is -2.64. The Labute approximate surface area is 265 Å². The van der Waals surface area contributed by atoms with Gasteiger partial charge in [-0.3, -0.25) is 14.2 Å². The van der Waals surface area contributed by atoms with Crippen molar-refractivity contribution >= 4 is 28.3 Å². The average Bonchev–Trinajstić information content (AvgIpc) is 3.00. The van der Waals surface area contributed by atoms with E-state index in [1.54, 1.807) is 11.9 Å². The summed E-state index contributed by atoms with van der Waals surface area (Å²) >= 11 is 0. The number of hydrogen-bond acceptors (Lipinski definition) is 8. The number of aromatic hydroxyl groups is 1. The van der Waals surface area contributed by atoms with E-state index < -0.39 is 34.2 Å². The standard InChI is InChI=1S/C34H37F2N7O3/c1-8-25(45)41-15-20-14-40(7)32-30(42(20)13-19(41)6)21-12-23(36)29(26-22(35)10-9-11-24(26)44)39-33(21)43(34(32)46)31-27(17(2)3)37-16-38-28(31)18(4)5/h8-12,16-20,44H,1,13-15H2,2-7H3/t19-,20+/m1/s1. The molecule has 0 bridgehead atoms. The fraction of sp³-hybridized carbons (Fsp3) is 0.382. The summed E-state index contributed by atoms with van der Waals surface area (Å²) in [6.45, 7) is 14.6. The third-order valence-corrected chi connectivity index (χ3v) is 8.93. The third-order valence-electron chi connectivity index (χ3n) is 8.93. The van der Waals surface area contributed by atoms with Gasteiger partial charge in [0.05, 0.1) is 34.4 Å². The van der Waals surface area contributed by atoms with Crippen LogP contribution in [0.15, 0.2) is 48.0 Å². The lowest BCUT2D eigenvalue weighted by atomic mass is 9.98. The number of benzene rings is 1. The van der Waals surface area contributed by atoms with E-state index in [0.29, 0.717) is 53.5 Å². The number of carbonyl (C=O) groups excluding carboxylic acids is 1. The Morgan fingerprint density at radius 1 is 1.02 bits per heavy atom. The minimum absolute atomic E-state index is 0.0766. The molecular formula is C34H37F2N7O3. The molecule has 1 aromatic carbocycles. The van der Waals surface area contributed by atoms with Crippen molar-refractivity contribution in [2.75, 3.05) is 36.5 Å². The number of fused-ring (bicyclic) bond motifs is 5. The molecule has 2 atom stereocenters. The van der Waals surface area contributed by atoms with Crippen LogP contribution in [-0.4, -0.2) is 74.2 Å². The number of amides is 1. The highest BCUT2D eigenvalue weighted by Crippen LogP contribution is 2.43. The van der Waals surface area contributed by atoms with Crippen LogP contribution in [-0.2, 0) is 4.79 Å². The van der Waals surface area contributed by atoms with Crippen LogP contribution in [0, 0.1) is 11.6 Å². The second-order valence-corrected chi connectivity index (χ2v) is 12.7. The number of rotatable bonds is 5. The van der Waals surface area contributed by atoms with Crippen molar-refractivity contribution in [1.29, 1.82) is 0 Å². The van der Waals surface area contributed by atoms with Crippen LogP contribution in [0.1, 0.15) is 57.8 Å². The summed E-state index contributed by atoms with van der Waals surface area (Å²) in [7, 11) is 1.80. The van der Waals surface area contributed by atoms with Crippen molar-refractivity contribution in [3.05, 3.63) is 76.6 Å². The number of halogens is 2. The summed E-state index contributed by atoms with van der Waals surface area (Å²) in [6.07, 6.45) is 2.76. The molecule has 0 saturated carbocycles. The normalized spacial score (nSPS) is 17.9. The number of anilines is 2. The average molecular weight is 630 g/mol. The molecule has 12 heteroatoms. The molecule has 1 amide bonds. The van der Waals surface area contributed by atoms with E-state index in [-0.39, 0.29) is 35.5 Å². The molecule has 1 N–H and O–H groups in total. The number of likely N-dealkylation sites (N-methyl/N-ethyl adjacent to an activating group) is 1. The van der Waals surface area contributed by atoms with Crippen molar-refractivity contribution in [1.82, 2.24) is 24.4 Å². The number of carbonyl (C=O) groups is 1. The molecule has 240 valence electrons. The van der Waals surface area contributed by atoms with Crippen molar-refractivity contribution in [3.8, 4) is 22.7 Å². The van der Waals surface area contributed by atoms with Crippen LogP contribution in [0.25, 0.3) is 28.0 Å². The Morgan fingerprint density at radius 3 is 2.30 bits per heavy atom. The molecule has 1 saturated heterocycles. The van der Waals surface area contributed by atoms with Gasteiger partial charge >= 0.3 is 0 Å². The van der Waals surface area contributed by atoms with Crippen LogP contribution < -0.4 is 15.4 Å². The topological polar surface area (TPSA) is 108 Å². The zero-order valence-electron chi connectivity index (χ0n) is 26.8. The van der Waals surface area contributed by atoms with Gasteiger partial charge in [-0.2, -0.15) is 0 Å². The van der Waals surface area contributed by atoms with E-state index in [1.165, 1.54) is 35.2 Å². The third kappa shape index (κ3) is 4.78. The van der Waals surface area contributed by atoms with Crippen molar-refractivity contribution in [2.45, 2.75) is 58.5 Å². The van der Waals surface area contributed by atoms with Crippen LogP contribution in [0.4, 0.5) is 20.2 Å². The Morgan fingerprint density at radius 2 is 1.70 bits per heavy atom. The maximum Gasteiger partial charge on any atom is 0.282 e. The number of nitrogens with zero attached hydrogens (tertiary/aromatic N) is 7. The Bertz CT molecular complexity index is 1910. The van der Waals surface area contributed by atoms with E-state index in [0.717, 1.165) is 6.07 Å². The van der Waals surface area contributed by atoms with Crippen LogP contribution in [0.3, 0.4) is 0 Å². The van der Waals surface area contributed by atoms with Gasteiger partial charge in [0, 0.05) is 38.1 Å². The molecule has 2 aliphatic heterocycles. The van der Waals surface area contributed by atoms with E-state index in [4.69, 9.17) is 0 Å². The first kappa shape index (κ1) is 31.1. The van der Waals surface area contributed by atoms with E-state index in [1.807, 2.05) is 39.5 Å². The molecule has 5 heterocycles. The van der Waals surface area contributed by atoms with Crippen molar-refractivity contribution in [3.63, 3.8) is 0 Å². The lowest BCUT2D eigenvalue weighted by Crippen LogP contribution is -2.64. The number of phenolic OH excluding ortho intramolecular Hbond substituents is 1. The maximum absolute atomic E-state index is 16.2.